The van der Waals surface area contributed by atoms with E-state index in [1.54, 1.807) is 11.8 Å². The molecule has 1 heterocycles. The van der Waals surface area contributed by atoms with E-state index in [4.69, 9.17) is 0 Å². The first kappa shape index (κ1) is 12.2. The lowest BCUT2D eigenvalue weighted by Gasteiger charge is -2.24. The summed E-state index contributed by atoms with van der Waals surface area (Å²) in [6.07, 6.45) is 2.97. The minimum Gasteiger partial charge on any atom is -0.331 e. The average molecular weight is 258 g/mol. The standard InChI is InChI=1S/C15H18N2O2/c1-11(18)17(13-6-7-13)10-15(19)16-9-8-12-4-2-3-5-14(12)16/h2-5,13H,6-10H2,1H3. The van der Waals surface area contributed by atoms with Gasteiger partial charge in [-0.25, -0.2) is 0 Å². The molecule has 0 bridgehead atoms. The van der Waals surface area contributed by atoms with Crippen LogP contribution >= 0.6 is 0 Å². The molecule has 3 rings (SSSR count). The monoisotopic (exact) mass is 258 g/mol. The molecule has 0 atom stereocenters. The van der Waals surface area contributed by atoms with Crippen molar-refractivity contribution in [3.05, 3.63) is 29.8 Å². The summed E-state index contributed by atoms with van der Waals surface area (Å²) in [7, 11) is 0. The van der Waals surface area contributed by atoms with Crippen LogP contribution in [0.4, 0.5) is 5.69 Å². The van der Waals surface area contributed by atoms with Gasteiger partial charge in [-0.1, -0.05) is 18.2 Å². The van der Waals surface area contributed by atoms with E-state index >= 15 is 0 Å². The van der Waals surface area contributed by atoms with Gasteiger partial charge in [0.05, 0.1) is 0 Å². The molecule has 2 amide bonds. The van der Waals surface area contributed by atoms with Crippen molar-refractivity contribution in [1.82, 2.24) is 4.90 Å². The zero-order valence-electron chi connectivity index (χ0n) is 11.1. The molecule has 1 aromatic rings. The molecule has 0 radical (unpaired) electrons. The lowest BCUT2D eigenvalue weighted by molar-refractivity contribution is -0.134. The molecule has 1 aromatic carbocycles. The Morgan fingerprint density at radius 2 is 2.05 bits per heavy atom. The second-order valence-electron chi connectivity index (χ2n) is 5.30. The fourth-order valence-corrected chi connectivity index (χ4v) is 2.71. The van der Waals surface area contributed by atoms with E-state index in [2.05, 4.69) is 6.07 Å². The van der Waals surface area contributed by atoms with Gasteiger partial charge in [0, 0.05) is 25.2 Å². The quantitative estimate of drug-likeness (QED) is 0.826. The highest BCUT2D eigenvalue weighted by molar-refractivity contribution is 5.98. The highest BCUT2D eigenvalue weighted by Gasteiger charge is 2.34. The first-order valence-corrected chi connectivity index (χ1v) is 6.82. The van der Waals surface area contributed by atoms with Crippen molar-refractivity contribution >= 4 is 17.5 Å². The fourth-order valence-electron chi connectivity index (χ4n) is 2.71. The van der Waals surface area contributed by atoms with Crippen LogP contribution < -0.4 is 4.90 Å². The number of nitrogens with zero attached hydrogens (tertiary/aromatic N) is 2. The van der Waals surface area contributed by atoms with E-state index in [0.29, 0.717) is 6.04 Å². The van der Waals surface area contributed by atoms with Crippen LogP contribution in [0.2, 0.25) is 0 Å². The summed E-state index contributed by atoms with van der Waals surface area (Å²) in [5, 5.41) is 0. The second kappa shape index (κ2) is 4.68. The molecule has 1 aliphatic carbocycles. The number of rotatable bonds is 3. The Balaban J connectivity index is 1.73. The summed E-state index contributed by atoms with van der Waals surface area (Å²) in [5.41, 5.74) is 2.23. The molecule has 1 saturated carbocycles. The maximum Gasteiger partial charge on any atom is 0.246 e. The largest absolute Gasteiger partial charge is 0.331 e. The molecule has 0 N–H and O–H groups in total. The zero-order valence-corrected chi connectivity index (χ0v) is 11.1. The third-order valence-corrected chi connectivity index (χ3v) is 3.89. The number of para-hydroxylation sites is 1. The molecule has 4 heteroatoms. The van der Waals surface area contributed by atoms with Crippen LogP contribution in [-0.2, 0) is 16.0 Å². The van der Waals surface area contributed by atoms with Gasteiger partial charge in [-0.3, -0.25) is 9.59 Å². The first-order valence-electron chi connectivity index (χ1n) is 6.82. The van der Waals surface area contributed by atoms with Gasteiger partial charge >= 0.3 is 0 Å². The third-order valence-electron chi connectivity index (χ3n) is 3.89. The average Bonchev–Trinajstić information content (AvgIpc) is 3.14. The maximum atomic E-state index is 12.4. The molecule has 100 valence electrons. The van der Waals surface area contributed by atoms with Gasteiger partial charge in [0.1, 0.15) is 6.54 Å². The predicted octanol–water partition coefficient (Wildman–Crippen LogP) is 1.59. The van der Waals surface area contributed by atoms with Crippen molar-refractivity contribution in [3.8, 4) is 0 Å². The Bertz CT molecular complexity index is 523. The van der Waals surface area contributed by atoms with E-state index < -0.39 is 0 Å². The molecule has 0 unspecified atom stereocenters. The van der Waals surface area contributed by atoms with E-state index in [-0.39, 0.29) is 18.4 Å². The fraction of sp³-hybridized carbons (Fsp3) is 0.467. The lowest BCUT2D eigenvalue weighted by Crippen LogP contribution is -2.42. The lowest BCUT2D eigenvalue weighted by atomic mass is 10.2. The third kappa shape index (κ3) is 2.35. The molecule has 4 nitrogen and oxygen atoms in total. The number of carbonyl (C=O) groups is 2. The summed E-state index contributed by atoms with van der Waals surface area (Å²) in [6, 6.07) is 8.29. The summed E-state index contributed by atoms with van der Waals surface area (Å²) >= 11 is 0. The summed E-state index contributed by atoms with van der Waals surface area (Å²) in [5.74, 6) is 0.0374. The van der Waals surface area contributed by atoms with Crippen molar-refractivity contribution in [2.24, 2.45) is 0 Å². The normalized spacial score (nSPS) is 17.2. The van der Waals surface area contributed by atoms with Crippen molar-refractivity contribution in [1.29, 1.82) is 0 Å². The summed E-state index contributed by atoms with van der Waals surface area (Å²) < 4.78 is 0. The van der Waals surface area contributed by atoms with E-state index in [0.717, 1.165) is 31.5 Å². The zero-order chi connectivity index (χ0) is 13.4. The first-order chi connectivity index (χ1) is 9.16. The van der Waals surface area contributed by atoms with Crippen LogP contribution in [0.3, 0.4) is 0 Å². The minimum atomic E-state index is 0.00309. The van der Waals surface area contributed by atoms with Gasteiger partial charge in [-0.05, 0) is 30.9 Å². The highest BCUT2D eigenvalue weighted by Crippen LogP contribution is 2.30. The molecular formula is C15H18N2O2. The van der Waals surface area contributed by atoms with Gasteiger partial charge in [0.2, 0.25) is 11.8 Å². The van der Waals surface area contributed by atoms with E-state index in [9.17, 15) is 9.59 Å². The van der Waals surface area contributed by atoms with Crippen molar-refractivity contribution in [3.63, 3.8) is 0 Å². The van der Waals surface area contributed by atoms with Crippen LogP contribution in [0.1, 0.15) is 25.3 Å². The van der Waals surface area contributed by atoms with Crippen molar-refractivity contribution < 1.29 is 9.59 Å². The van der Waals surface area contributed by atoms with E-state index in [1.165, 1.54) is 5.56 Å². The molecule has 0 saturated heterocycles. The Kier molecular flexibility index (Phi) is 3.01. The number of fused-ring (bicyclic) bond motifs is 1. The number of anilines is 1. The van der Waals surface area contributed by atoms with E-state index in [1.807, 2.05) is 23.1 Å². The van der Waals surface area contributed by atoms with Crippen LogP contribution in [0.25, 0.3) is 0 Å². The Morgan fingerprint density at radius 1 is 1.32 bits per heavy atom. The van der Waals surface area contributed by atoms with Crippen LogP contribution in [0.5, 0.6) is 0 Å². The van der Waals surface area contributed by atoms with Gasteiger partial charge in [0.25, 0.3) is 0 Å². The molecule has 2 aliphatic rings. The van der Waals surface area contributed by atoms with Crippen LogP contribution in [0.15, 0.2) is 24.3 Å². The highest BCUT2D eigenvalue weighted by atomic mass is 16.2. The van der Waals surface area contributed by atoms with Gasteiger partial charge in [0.15, 0.2) is 0 Å². The predicted molar refractivity (Wildman–Crippen MR) is 72.9 cm³/mol. The number of hydrogen-bond donors (Lipinski definition) is 0. The van der Waals surface area contributed by atoms with Crippen LogP contribution in [0, 0.1) is 0 Å². The molecule has 0 spiro atoms. The minimum absolute atomic E-state index is 0.00309. The van der Waals surface area contributed by atoms with Crippen molar-refractivity contribution in [2.75, 3.05) is 18.0 Å². The molecular weight excluding hydrogens is 240 g/mol. The number of carbonyl (C=O) groups excluding carboxylic acids is 2. The summed E-state index contributed by atoms with van der Waals surface area (Å²) in [4.78, 5) is 27.5. The second-order valence-corrected chi connectivity index (χ2v) is 5.30. The molecule has 19 heavy (non-hydrogen) atoms. The molecule has 1 fully saturated rings. The van der Waals surface area contributed by atoms with Gasteiger partial charge in [-0.15, -0.1) is 0 Å². The van der Waals surface area contributed by atoms with Crippen molar-refractivity contribution in [2.45, 2.75) is 32.2 Å². The number of benzene rings is 1. The van der Waals surface area contributed by atoms with Crippen LogP contribution in [-0.4, -0.2) is 35.8 Å². The topological polar surface area (TPSA) is 40.6 Å². The van der Waals surface area contributed by atoms with Gasteiger partial charge in [-0.2, -0.15) is 0 Å². The maximum absolute atomic E-state index is 12.4. The van der Waals surface area contributed by atoms with Gasteiger partial charge < -0.3 is 9.80 Å². The number of hydrogen-bond acceptors (Lipinski definition) is 2. The smallest absolute Gasteiger partial charge is 0.246 e. The Labute approximate surface area is 113 Å². The summed E-state index contributed by atoms with van der Waals surface area (Å²) in [6.45, 7) is 2.49. The molecule has 0 aromatic heterocycles. The Morgan fingerprint density at radius 3 is 2.74 bits per heavy atom. The Hall–Kier alpha value is -1.84. The SMILES string of the molecule is CC(=O)N(CC(=O)N1CCc2ccccc21)C1CC1. The number of amides is 2. The molecule has 1 aliphatic heterocycles.